The lowest BCUT2D eigenvalue weighted by Gasteiger charge is -2.09. The van der Waals surface area contributed by atoms with E-state index >= 15 is 0 Å². The van der Waals surface area contributed by atoms with Gasteiger partial charge in [-0.2, -0.15) is 5.10 Å². The molecular weight excluding hydrogens is 248 g/mol. The molecule has 102 valence electrons. The summed E-state index contributed by atoms with van der Waals surface area (Å²) in [5.74, 6) is 0.949. The molecule has 0 fully saturated rings. The minimum absolute atomic E-state index is 0.498. The molecule has 1 aromatic heterocycles. The monoisotopic (exact) mass is 266 g/mol. The van der Waals surface area contributed by atoms with Crippen LogP contribution in [0.3, 0.4) is 0 Å². The number of aromatic nitrogens is 2. The zero-order valence-electron chi connectivity index (χ0n) is 11.8. The number of hydrogen-bond donors (Lipinski definition) is 0. The molecule has 2 aromatic carbocycles. The average Bonchev–Trinajstić information content (AvgIpc) is 2.82. The van der Waals surface area contributed by atoms with Crippen molar-refractivity contribution in [2.75, 3.05) is 0 Å². The van der Waals surface area contributed by atoms with Gasteiger partial charge in [-0.25, -0.2) is 0 Å². The van der Waals surface area contributed by atoms with E-state index in [1.807, 2.05) is 42.1 Å². The van der Waals surface area contributed by atoms with Crippen molar-refractivity contribution < 1.29 is 4.74 Å². The van der Waals surface area contributed by atoms with Crippen LogP contribution in [-0.4, -0.2) is 9.78 Å². The van der Waals surface area contributed by atoms with Crippen LogP contribution in [0.5, 0.6) is 5.75 Å². The Morgan fingerprint density at radius 3 is 2.65 bits per heavy atom. The van der Waals surface area contributed by atoms with Crippen molar-refractivity contribution in [2.45, 2.75) is 20.0 Å². The van der Waals surface area contributed by atoms with Crippen molar-refractivity contribution in [1.29, 1.82) is 0 Å². The Hall–Kier alpha value is -2.29. The van der Waals surface area contributed by atoms with Crippen molar-refractivity contribution in [3.8, 4) is 5.75 Å². The SMILES string of the molecule is CCc1ccccc1OCc1nn(C)c2ccccc12. The molecule has 3 aromatic rings. The number of nitrogens with zero attached hydrogens (tertiary/aromatic N) is 2. The summed E-state index contributed by atoms with van der Waals surface area (Å²) in [6, 6.07) is 16.4. The minimum Gasteiger partial charge on any atom is -0.487 e. The number of para-hydroxylation sites is 2. The first-order valence-corrected chi connectivity index (χ1v) is 6.91. The molecule has 20 heavy (non-hydrogen) atoms. The van der Waals surface area contributed by atoms with Crippen LogP contribution < -0.4 is 4.74 Å². The van der Waals surface area contributed by atoms with Crippen LogP contribution in [0.15, 0.2) is 48.5 Å². The van der Waals surface area contributed by atoms with E-state index in [9.17, 15) is 0 Å². The Morgan fingerprint density at radius 1 is 1.05 bits per heavy atom. The Balaban J connectivity index is 1.87. The van der Waals surface area contributed by atoms with Gasteiger partial charge < -0.3 is 4.74 Å². The normalized spacial score (nSPS) is 10.9. The molecule has 0 spiro atoms. The predicted octanol–water partition coefficient (Wildman–Crippen LogP) is 3.71. The second kappa shape index (κ2) is 5.37. The lowest BCUT2D eigenvalue weighted by molar-refractivity contribution is 0.298. The summed E-state index contributed by atoms with van der Waals surface area (Å²) >= 11 is 0. The Morgan fingerprint density at radius 2 is 1.80 bits per heavy atom. The fourth-order valence-electron chi connectivity index (χ4n) is 2.48. The van der Waals surface area contributed by atoms with Gasteiger partial charge in [-0.15, -0.1) is 0 Å². The van der Waals surface area contributed by atoms with Crippen LogP contribution in [0, 0.1) is 0 Å². The first kappa shape index (κ1) is 12.7. The van der Waals surface area contributed by atoms with Crippen LogP contribution in [-0.2, 0) is 20.1 Å². The van der Waals surface area contributed by atoms with Gasteiger partial charge in [0.05, 0.1) is 5.52 Å². The van der Waals surface area contributed by atoms with Gasteiger partial charge in [0, 0.05) is 12.4 Å². The lowest BCUT2D eigenvalue weighted by Crippen LogP contribution is -2.00. The first-order valence-electron chi connectivity index (χ1n) is 6.91. The van der Waals surface area contributed by atoms with Crippen molar-refractivity contribution >= 4 is 10.9 Å². The van der Waals surface area contributed by atoms with Gasteiger partial charge in [0.15, 0.2) is 0 Å². The third-order valence-electron chi connectivity index (χ3n) is 3.55. The van der Waals surface area contributed by atoms with Crippen molar-refractivity contribution in [1.82, 2.24) is 9.78 Å². The molecule has 0 bridgehead atoms. The highest BCUT2D eigenvalue weighted by Crippen LogP contribution is 2.22. The second-order valence-electron chi connectivity index (χ2n) is 4.84. The number of aryl methyl sites for hydroxylation is 2. The highest BCUT2D eigenvalue weighted by Gasteiger charge is 2.09. The second-order valence-corrected chi connectivity index (χ2v) is 4.84. The number of rotatable bonds is 4. The average molecular weight is 266 g/mol. The van der Waals surface area contributed by atoms with Gasteiger partial charge in [0.25, 0.3) is 0 Å². The van der Waals surface area contributed by atoms with Gasteiger partial charge in [-0.05, 0) is 24.1 Å². The van der Waals surface area contributed by atoms with Gasteiger partial charge >= 0.3 is 0 Å². The van der Waals surface area contributed by atoms with Crippen molar-refractivity contribution in [3.63, 3.8) is 0 Å². The summed E-state index contributed by atoms with van der Waals surface area (Å²) in [6.07, 6.45) is 0.971. The van der Waals surface area contributed by atoms with E-state index in [4.69, 9.17) is 4.74 Å². The predicted molar refractivity (Wildman–Crippen MR) is 80.9 cm³/mol. The molecule has 0 saturated carbocycles. The Kier molecular flexibility index (Phi) is 3.42. The van der Waals surface area contributed by atoms with Crippen LogP contribution in [0.1, 0.15) is 18.2 Å². The van der Waals surface area contributed by atoms with Crippen LogP contribution in [0.2, 0.25) is 0 Å². The third-order valence-corrected chi connectivity index (χ3v) is 3.55. The molecule has 0 saturated heterocycles. The number of hydrogen-bond acceptors (Lipinski definition) is 2. The maximum atomic E-state index is 5.96. The summed E-state index contributed by atoms with van der Waals surface area (Å²) in [5.41, 5.74) is 3.34. The summed E-state index contributed by atoms with van der Waals surface area (Å²) in [5, 5.41) is 5.71. The fraction of sp³-hybridized carbons (Fsp3) is 0.235. The topological polar surface area (TPSA) is 27.1 Å². The zero-order valence-corrected chi connectivity index (χ0v) is 11.8. The fourth-order valence-corrected chi connectivity index (χ4v) is 2.48. The van der Waals surface area contributed by atoms with Crippen molar-refractivity contribution in [2.24, 2.45) is 7.05 Å². The van der Waals surface area contributed by atoms with E-state index in [1.165, 1.54) is 5.56 Å². The third kappa shape index (κ3) is 2.27. The van der Waals surface area contributed by atoms with Crippen LogP contribution in [0.25, 0.3) is 10.9 Å². The largest absolute Gasteiger partial charge is 0.487 e. The molecule has 0 unspecified atom stereocenters. The number of ether oxygens (including phenoxy) is 1. The molecule has 3 rings (SSSR count). The van der Waals surface area contributed by atoms with E-state index in [0.29, 0.717) is 6.61 Å². The highest BCUT2D eigenvalue weighted by atomic mass is 16.5. The standard InChI is InChI=1S/C17H18N2O/c1-3-13-8-4-7-11-17(13)20-12-15-14-9-5-6-10-16(14)19(2)18-15/h4-11H,3,12H2,1-2H3. The van der Waals surface area contributed by atoms with E-state index < -0.39 is 0 Å². The van der Waals surface area contributed by atoms with Gasteiger partial charge in [0.2, 0.25) is 0 Å². The maximum absolute atomic E-state index is 5.96. The lowest BCUT2D eigenvalue weighted by atomic mass is 10.1. The maximum Gasteiger partial charge on any atom is 0.133 e. The minimum atomic E-state index is 0.498. The molecule has 3 nitrogen and oxygen atoms in total. The first-order chi connectivity index (χ1) is 9.79. The van der Waals surface area contributed by atoms with Crippen LogP contribution in [0.4, 0.5) is 0 Å². The summed E-state index contributed by atoms with van der Waals surface area (Å²) in [4.78, 5) is 0. The molecular formula is C17H18N2O. The van der Waals surface area contributed by atoms with Gasteiger partial charge in [-0.3, -0.25) is 4.68 Å². The molecule has 0 N–H and O–H groups in total. The summed E-state index contributed by atoms with van der Waals surface area (Å²) in [6.45, 7) is 2.64. The molecule has 0 radical (unpaired) electrons. The van der Waals surface area contributed by atoms with E-state index in [0.717, 1.165) is 28.8 Å². The van der Waals surface area contributed by atoms with E-state index in [2.05, 4.69) is 30.2 Å². The molecule has 0 aliphatic rings. The highest BCUT2D eigenvalue weighted by molar-refractivity contribution is 5.81. The quantitative estimate of drug-likeness (QED) is 0.719. The molecule has 1 heterocycles. The number of fused-ring (bicyclic) bond motifs is 1. The smallest absolute Gasteiger partial charge is 0.133 e. The summed E-state index contributed by atoms with van der Waals surface area (Å²) < 4.78 is 7.86. The summed E-state index contributed by atoms with van der Waals surface area (Å²) in [7, 11) is 1.96. The molecule has 0 aliphatic carbocycles. The molecule has 3 heteroatoms. The van der Waals surface area contributed by atoms with Gasteiger partial charge in [0.1, 0.15) is 18.1 Å². The Bertz CT molecular complexity index is 731. The Labute approximate surface area is 118 Å². The van der Waals surface area contributed by atoms with Crippen molar-refractivity contribution in [3.05, 3.63) is 59.8 Å². The van der Waals surface area contributed by atoms with Gasteiger partial charge in [-0.1, -0.05) is 43.3 Å². The molecule has 0 amide bonds. The van der Waals surface area contributed by atoms with E-state index in [-0.39, 0.29) is 0 Å². The van der Waals surface area contributed by atoms with E-state index in [1.54, 1.807) is 0 Å². The molecule has 0 aliphatic heterocycles. The number of benzene rings is 2. The zero-order chi connectivity index (χ0) is 13.9. The molecule has 0 atom stereocenters. The van der Waals surface area contributed by atoms with Crippen LogP contribution >= 0.6 is 0 Å².